The Hall–Kier alpha value is -0.300. The summed E-state index contributed by atoms with van der Waals surface area (Å²) >= 11 is 0. The largest absolute Gasteiger partial charge is 0.396 e. The van der Waals surface area contributed by atoms with Gasteiger partial charge in [0.15, 0.2) is 0 Å². The van der Waals surface area contributed by atoms with Crippen LogP contribution >= 0.6 is 0 Å². The molecule has 0 aliphatic carbocycles. The first kappa shape index (κ1) is 20.7. The molecule has 1 heteroatoms. The first-order valence-electron chi connectivity index (χ1n) is 9.67. The smallest absolute Gasteiger partial charge is 0.0431 e. The van der Waals surface area contributed by atoms with E-state index in [4.69, 9.17) is 5.11 Å². The maximum atomic E-state index is 8.69. The highest BCUT2D eigenvalue weighted by atomic mass is 16.2. The molecule has 0 radical (unpaired) electrons. The van der Waals surface area contributed by atoms with Gasteiger partial charge in [0.2, 0.25) is 0 Å². The minimum absolute atomic E-state index is 0.370. The number of aliphatic hydroxyl groups is 1. The lowest BCUT2D eigenvalue weighted by Gasteiger charge is -2.02. The Morgan fingerprint density at radius 3 is 1.33 bits per heavy atom. The predicted octanol–water partition coefficient (Wildman–Crippen LogP) is 6.80. The normalized spacial score (nSPS) is 11.5. The molecular weight excluding hydrogens is 256 g/mol. The van der Waals surface area contributed by atoms with E-state index in [1.54, 1.807) is 0 Å². The summed E-state index contributed by atoms with van der Waals surface area (Å²) in [4.78, 5) is 0. The van der Waals surface area contributed by atoms with Gasteiger partial charge in [-0.15, -0.1) is 0 Å². The Bertz CT molecular complexity index is 198. The molecule has 0 aromatic carbocycles. The Morgan fingerprint density at radius 2 is 0.905 bits per heavy atom. The summed E-state index contributed by atoms with van der Waals surface area (Å²) in [5.74, 6) is 0. The minimum Gasteiger partial charge on any atom is -0.396 e. The quantitative estimate of drug-likeness (QED) is 0.231. The van der Waals surface area contributed by atoms with E-state index in [1.165, 1.54) is 96.3 Å². The van der Waals surface area contributed by atoms with Crippen molar-refractivity contribution in [2.75, 3.05) is 6.61 Å². The van der Waals surface area contributed by atoms with Crippen LogP contribution in [0, 0.1) is 0 Å². The van der Waals surface area contributed by atoms with Crippen LogP contribution in [0.3, 0.4) is 0 Å². The molecule has 0 saturated carbocycles. The van der Waals surface area contributed by atoms with Crippen LogP contribution in [0.5, 0.6) is 0 Å². The first-order valence-corrected chi connectivity index (χ1v) is 9.67. The molecule has 0 fully saturated rings. The zero-order valence-corrected chi connectivity index (χ0v) is 14.6. The number of unbranched alkanes of at least 4 members (excludes halogenated alkanes) is 14. The van der Waals surface area contributed by atoms with E-state index in [2.05, 4.69) is 19.1 Å². The number of allylic oxidation sites excluding steroid dienone is 2. The van der Waals surface area contributed by atoms with Crippen molar-refractivity contribution in [2.45, 2.75) is 110 Å². The summed E-state index contributed by atoms with van der Waals surface area (Å²) < 4.78 is 0. The fourth-order valence-corrected chi connectivity index (χ4v) is 2.70. The molecule has 0 spiro atoms. The second-order valence-corrected chi connectivity index (χ2v) is 6.37. The molecule has 0 heterocycles. The van der Waals surface area contributed by atoms with Gasteiger partial charge >= 0.3 is 0 Å². The van der Waals surface area contributed by atoms with Crippen molar-refractivity contribution >= 4 is 0 Å². The topological polar surface area (TPSA) is 20.2 Å². The van der Waals surface area contributed by atoms with Gasteiger partial charge in [0.25, 0.3) is 0 Å². The van der Waals surface area contributed by atoms with Crippen LogP contribution in [0.4, 0.5) is 0 Å². The van der Waals surface area contributed by atoms with Crippen LogP contribution in [-0.2, 0) is 0 Å². The molecule has 21 heavy (non-hydrogen) atoms. The van der Waals surface area contributed by atoms with Crippen LogP contribution in [0.1, 0.15) is 110 Å². The fraction of sp³-hybridized carbons (Fsp3) is 0.900. The highest BCUT2D eigenvalue weighted by molar-refractivity contribution is 4.81. The zero-order chi connectivity index (χ0) is 15.4. The van der Waals surface area contributed by atoms with Crippen LogP contribution in [0.25, 0.3) is 0 Å². The van der Waals surface area contributed by atoms with Crippen molar-refractivity contribution < 1.29 is 5.11 Å². The third kappa shape index (κ3) is 19.7. The second-order valence-electron chi connectivity index (χ2n) is 6.37. The summed E-state index contributed by atoms with van der Waals surface area (Å²) in [5.41, 5.74) is 0. The van der Waals surface area contributed by atoms with Crippen LogP contribution < -0.4 is 0 Å². The lowest BCUT2D eigenvalue weighted by molar-refractivity contribution is 0.282. The lowest BCUT2D eigenvalue weighted by Crippen LogP contribution is -1.84. The fourth-order valence-electron chi connectivity index (χ4n) is 2.70. The van der Waals surface area contributed by atoms with E-state index in [0.717, 1.165) is 6.42 Å². The molecule has 0 unspecified atom stereocenters. The van der Waals surface area contributed by atoms with Crippen LogP contribution in [0.2, 0.25) is 0 Å². The summed E-state index contributed by atoms with van der Waals surface area (Å²) in [6.07, 6.45) is 26.2. The van der Waals surface area contributed by atoms with Crippen LogP contribution in [-0.4, -0.2) is 11.7 Å². The van der Waals surface area contributed by atoms with E-state index in [1.807, 2.05) is 0 Å². The summed E-state index contributed by atoms with van der Waals surface area (Å²) in [6, 6.07) is 0. The molecule has 0 rings (SSSR count). The Balaban J connectivity index is 2.98. The van der Waals surface area contributed by atoms with Crippen molar-refractivity contribution in [2.24, 2.45) is 0 Å². The number of hydrogen-bond donors (Lipinski definition) is 1. The molecule has 126 valence electrons. The minimum atomic E-state index is 0.370. The van der Waals surface area contributed by atoms with Gasteiger partial charge in [-0.25, -0.2) is 0 Å². The first-order chi connectivity index (χ1) is 10.4. The Labute approximate surface area is 134 Å². The maximum absolute atomic E-state index is 8.69. The zero-order valence-electron chi connectivity index (χ0n) is 14.6. The number of rotatable bonds is 17. The van der Waals surface area contributed by atoms with Crippen molar-refractivity contribution in [1.29, 1.82) is 0 Å². The van der Waals surface area contributed by atoms with Crippen molar-refractivity contribution in [1.82, 2.24) is 0 Å². The molecule has 0 atom stereocenters. The molecule has 0 aliphatic heterocycles. The molecular formula is C20H40O. The molecule has 0 amide bonds. The van der Waals surface area contributed by atoms with Gasteiger partial charge in [0, 0.05) is 6.61 Å². The van der Waals surface area contributed by atoms with Gasteiger partial charge in [0.05, 0.1) is 0 Å². The van der Waals surface area contributed by atoms with Gasteiger partial charge in [-0.1, -0.05) is 96.1 Å². The molecule has 0 aromatic heterocycles. The van der Waals surface area contributed by atoms with E-state index in [0.29, 0.717) is 6.61 Å². The molecule has 1 N–H and O–H groups in total. The average molecular weight is 297 g/mol. The molecule has 0 saturated heterocycles. The van der Waals surface area contributed by atoms with Gasteiger partial charge in [-0.05, 0) is 25.7 Å². The number of aliphatic hydroxyl groups excluding tert-OH is 1. The Morgan fingerprint density at radius 1 is 0.524 bits per heavy atom. The molecule has 1 nitrogen and oxygen atoms in total. The highest BCUT2D eigenvalue weighted by Gasteiger charge is 1.93. The van der Waals surface area contributed by atoms with E-state index >= 15 is 0 Å². The average Bonchev–Trinajstić information content (AvgIpc) is 2.50. The SMILES string of the molecule is CCCC/C=C\CCCCCCCCCCCCCCO. The standard InChI is InChI=1S/C20H40O/c1-2-3-4-5-6-7-8-9-10-11-12-13-14-15-16-17-18-19-20-21/h5-6,21H,2-4,7-20H2,1H3/b6-5-. The number of hydrogen-bond acceptors (Lipinski definition) is 1. The highest BCUT2D eigenvalue weighted by Crippen LogP contribution is 2.12. The third-order valence-electron chi connectivity index (χ3n) is 4.17. The van der Waals surface area contributed by atoms with Gasteiger partial charge in [-0.3, -0.25) is 0 Å². The van der Waals surface area contributed by atoms with Crippen molar-refractivity contribution in [3.8, 4) is 0 Å². The van der Waals surface area contributed by atoms with Gasteiger partial charge in [-0.2, -0.15) is 0 Å². The second kappa shape index (κ2) is 19.7. The van der Waals surface area contributed by atoms with E-state index < -0.39 is 0 Å². The van der Waals surface area contributed by atoms with Gasteiger partial charge < -0.3 is 5.11 Å². The molecule has 0 aliphatic rings. The van der Waals surface area contributed by atoms with Gasteiger partial charge in [0.1, 0.15) is 0 Å². The lowest BCUT2D eigenvalue weighted by atomic mass is 10.0. The molecule has 0 bridgehead atoms. The summed E-state index contributed by atoms with van der Waals surface area (Å²) in [7, 11) is 0. The maximum Gasteiger partial charge on any atom is 0.0431 e. The third-order valence-corrected chi connectivity index (χ3v) is 4.17. The van der Waals surface area contributed by atoms with E-state index in [-0.39, 0.29) is 0 Å². The van der Waals surface area contributed by atoms with Crippen LogP contribution in [0.15, 0.2) is 12.2 Å². The summed E-state index contributed by atoms with van der Waals surface area (Å²) in [5, 5.41) is 8.69. The molecule has 0 aromatic rings. The van der Waals surface area contributed by atoms with Crippen molar-refractivity contribution in [3.05, 3.63) is 12.2 Å². The predicted molar refractivity (Wildman–Crippen MR) is 95.8 cm³/mol. The van der Waals surface area contributed by atoms with Crippen molar-refractivity contribution in [3.63, 3.8) is 0 Å². The summed E-state index contributed by atoms with van der Waals surface area (Å²) in [6.45, 7) is 2.62. The van der Waals surface area contributed by atoms with E-state index in [9.17, 15) is 0 Å². The monoisotopic (exact) mass is 296 g/mol. The Kier molecular flexibility index (Phi) is 19.4.